The monoisotopic (exact) mass is 219 g/mol. The average molecular weight is 219 g/mol. The quantitative estimate of drug-likeness (QED) is 0.646. The van der Waals surface area contributed by atoms with Gasteiger partial charge >= 0.3 is 0 Å². The maximum Gasteiger partial charge on any atom is 0.121 e. The van der Waals surface area contributed by atoms with Crippen LogP contribution in [0.3, 0.4) is 0 Å². The van der Waals surface area contributed by atoms with Crippen molar-refractivity contribution in [2.24, 2.45) is 0 Å². The molecule has 1 aromatic heterocycles. The van der Waals surface area contributed by atoms with Crippen LogP contribution in [0.15, 0.2) is 66.9 Å². The zero-order valence-corrected chi connectivity index (χ0v) is 9.25. The molecule has 3 aromatic rings. The Kier molecular flexibility index (Phi) is 2.47. The molecule has 81 valence electrons. The smallest absolute Gasteiger partial charge is 0.121 e. The molecule has 2 heteroatoms. The van der Waals surface area contributed by atoms with Crippen molar-refractivity contribution < 1.29 is 0 Å². The van der Waals surface area contributed by atoms with Crippen LogP contribution < -0.4 is 0 Å². The highest BCUT2D eigenvalue weighted by molar-refractivity contribution is 5.61. The van der Waals surface area contributed by atoms with E-state index in [1.807, 2.05) is 59.4 Å². The van der Waals surface area contributed by atoms with Gasteiger partial charge < -0.3 is 0 Å². The van der Waals surface area contributed by atoms with Gasteiger partial charge in [0.05, 0.1) is 5.69 Å². The highest BCUT2D eigenvalue weighted by Crippen LogP contribution is 2.18. The van der Waals surface area contributed by atoms with Gasteiger partial charge in [-0.2, -0.15) is 5.10 Å². The molecular weight excluding hydrogens is 208 g/mol. The Hall–Kier alpha value is -2.35. The maximum absolute atomic E-state index is 4.25. The average Bonchev–Trinajstić information content (AvgIpc) is 2.90. The van der Waals surface area contributed by atoms with Crippen LogP contribution in [0.5, 0.6) is 0 Å². The molecule has 0 atom stereocenters. The number of hydrogen-bond donors (Lipinski definition) is 0. The van der Waals surface area contributed by atoms with Gasteiger partial charge in [-0.05, 0) is 17.7 Å². The summed E-state index contributed by atoms with van der Waals surface area (Å²) in [5.41, 5.74) is 3.19. The van der Waals surface area contributed by atoms with Gasteiger partial charge in [0.25, 0.3) is 0 Å². The standard InChI is InChI=1S/C15H11N2/c1-3-7-13(8-4-1)14-11-16-17(12-14)15-9-5-2-6-10-15/h1-10,12H. The summed E-state index contributed by atoms with van der Waals surface area (Å²) in [5, 5.41) is 4.25. The second kappa shape index (κ2) is 4.26. The molecule has 0 saturated carbocycles. The molecule has 0 amide bonds. The zero-order chi connectivity index (χ0) is 11.5. The van der Waals surface area contributed by atoms with Crippen LogP contribution in [0.4, 0.5) is 0 Å². The van der Waals surface area contributed by atoms with Crippen LogP contribution in [-0.2, 0) is 0 Å². The van der Waals surface area contributed by atoms with Gasteiger partial charge in [-0.3, -0.25) is 0 Å². The van der Waals surface area contributed by atoms with Crippen LogP contribution in [0.2, 0.25) is 0 Å². The molecule has 0 saturated heterocycles. The first kappa shape index (κ1) is 9.85. The second-order valence-electron chi connectivity index (χ2n) is 3.80. The Morgan fingerprint density at radius 2 is 1.47 bits per heavy atom. The van der Waals surface area contributed by atoms with Crippen molar-refractivity contribution in [1.82, 2.24) is 9.78 Å². The molecule has 0 spiro atoms. The predicted molar refractivity (Wildman–Crippen MR) is 67.8 cm³/mol. The first-order valence-corrected chi connectivity index (χ1v) is 5.52. The molecule has 17 heavy (non-hydrogen) atoms. The molecule has 3 rings (SSSR count). The van der Waals surface area contributed by atoms with Crippen molar-refractivity contribution >= 4 is 0 Å². The van der Waals surface area contributed by atoms with Crippen molar-refractivity contribution in [1.29, 1.82) is 0 Å². The van der Waals surface area contributed by atoms with Gasteiger partial charge in [-0.15, -0.1) is 0 Å². The molecule has 0 aliphatic rings. The minimum Gasteiger partial charge on any atom is -0.240 e. The van der Waals surface area contributed by atoms with E-state index >= 15 is 0 Å². The third kappa shape index (κ3) is 1.97. The Labute approximate surface area is 100 Å². The largest absolute Gasteiger partial charge is 0.240 e. The molecule has 1 heterocycles. The summed E-state index contributed by atoms with van der Waals surface area (Å²) in [4.78, 5) is 0. The summed E-state index contributed by atoms with van der Waals surface area (Å²) in [6.45, 7) is 0. The molecule has 2 nitrogen and oxygen atoms in total. The van der Waals surface area contributed by atoms with E-state index in [-0.39, 0.29) is 0 Å². The lowest BCUT2D eigenvalue weighted by molar-refractivity contribution is 0.877. The van der Waals surface area contributed by atoms with E-state index in [0.29, 0.717) is 0 Å². The van der Waals surface area contributed by atoms with Gasteiger partial charge in [0.15, 0.2) is 0 Å². The minimum atomic E-state index is 1.01. The highest BCUT2D eigenvalue weighted by Gasteiger charge is 2.02. The third-order valence-electron chi connectivity index (χ3n) is 2.64. The number of hydrogen-bond acceptors (Lipinski definition) is 1. The van der Waals surface area contributed by atoms with Gasteiger partial charge in [0.1, 0.15) is 6.20 Å². The maximum atomic E-state index is 4.25. The Morgan fingerprint density at radius 3 is 2.18 bits per heavy atom. The number of rotatable bonds is 2. The van der Waals surface area contributed by atoms with Crippen molar-refractivity contribution in [3.05, 3.63) is 73.1 Å². The lowest BCUT2D eigenvalue weighted by Crippen LogP contribution is -1.92. The first-order chi connectivity index (χ1) is 8.43. The van der Waals surface area contributed by atoms with Crippen LogP contribution in [0.25, 0.3) is 16.8 Å². The van der Waals surface area contributed by atoms with Gasteiger partial charge in [-0.25, -0.2) is 4.68 Å². The molecule has 2 aromatic carbocycles. The lowest BCUT2D eigenvalue weighted by Gasteiger charge is -1.99. The fourth-order valence-corrected chi connectivity index (χ4v) is 1.76. The molecule has 0 N–H and O–H groups in total. The first-order valence-electron chi connectivity index (χ1n) is 5.52. The Morgan fingerprint density at radius 1 is 0.824 bits per heavy atom. The van der Waals surface area contributed by atoms with Crippen molar-refractivity contribution in [3.63, 3.8) is 0 Å². The molecule has 0 bridgehead atoms. The molecular formula is C15H11N2. The topological polar surface area (TPSA) is 17.8 Å². The predicted octanol–water partition coefficient (Wildman–Crippen LogP) is 3.34. The summed E-state index contributed by atoms with van der Waals surface area (Å²) in [7, 11) is 0. The number of aromatic nitrogens is 2. The van der Waals surface area contributed by atoms with E-state index in [4.69, 9.17) is 0 Å². The summed E-state index contributed by atoms with van der Waals surface area (Å²) in [6.07, 6.45) is 5.02. The molecule has 0 aliphatic carbocycles. The van der Waals surface area contributed by atoms with Crippen LogP contribution >= 0.6 is 0 Å². The van der Waals surface area contributed by atoms with E-state index < -0.39 is 0 Å². The van der Waals surface area contributed by atoms with Crippen LogP contribution in [-0.4, -0.2) is 9.78 Å². The summed E-state index contributed by atoms with van der Waals surface area (Å²) in [6, 6.07) is 20.2. The number of para-hydroxylation sites is 1. The number of nitrogens with zero attached hydrogens (tertiary/aromatic N) is 2. The van der Waals surface area contributed by atoms with Gasteiger partial charge in [-0.1, -0.05) is 48.5 Å². The van der Waals surface area contributed by atoms with E-state index in [2.05, 4.69) is 23.4 Å². The van der Waals surface area contributed by atoms with Gasteiger partial charge in [0, 0.05) is 11.8 Å². The normalized spacial score (nSPS) is 10.4. The summed E-state index contributed by atoms with van der Waals surface area (Å²) < 4.78 is 1.84. The van der Waals surface area contributed by atoms with Gasteiger partial charge in [0.2, 0.25) is 0 Å². The fraction of sp³-hybridized carbons (Fsp3) is 0. The van der Waals surface area contributed by atoms with Crippen LogP contribution in [0, 0.1) is 6.20 Å². The SMILES string of the molecule is [c]1nn(-c2ccccc2)cc1-c1ccccc1. The molecule has 0 fully saturated rings. The molecule has 0 aliphatic heterocycles. The lowest BCUT2D eigenvalue weighted by atomic mass is 10.1. The van der Waals surface area contributed by atoms with Crippen LogP contribution in [0.1, 0.15) is 0 Å². The Bertz CT molecular complexity index is 543. The highest BCUT2D eigenvalue weighted by atomic mass is 15.3. The van der Waals surface area contributed by atoms with E-state index in [1.54, 1.807) is 0 Å². The zero-order valence-electron chi connectivity index (χ0n) is 9.25. The number of benzene rings is 2. The summed E-state index contributed by atoms with van der Waals surface area (Å²) in [5.74, 6) is 0. The Balaban J connectivity index is 1.99. The van der Waals surface area contributed by atoms with Crippen molar-refractivity contribution in [3.8, 4) is 16.8 Å². The molecule has 0 unspecified atom stereocenters. The van der Waals surface area contributed by atoms with E-state index in [0.717, 1.165) is 16.8 Å². The molecule has 1 radical (unpaired) electrons. The van der Waals surface area contributed by atoms with E-state index in [9.17, 15) is 0 Å². The minimum absolute atomic E-state index is 1.01. The fourth-order valence-electron chi connectivity index (χ4n) is 1.76. The van der Waals surface area contributed by atoms with Crippen molar-refractivity contribution in [2.45, 2.75) is 0 Å². The summed E-state index contributed by atoms with van der Waals surface area (Å²) >= 11 is 0. The van der Waals surface area contributed by atoms with E-state index in [1.165, 1.54) is 0 Å². The van der Waals surface area contributed by atoms with Crippen molar-refractivity contribution in [2.75, 3.05) is 0 Å². The third-order valence-corrected chi connectivity index (χ3v) is 2.64. The second-order valence-corrected chi connectivity index (χ2v) is 3.80.